The summed E-state index contributed by atoms with van der Waals surface area (Å²) in [6, 6.07) is 8.40. The Hall–Kier alpha value is -2.11. The molecule has 142 valence electrons. The van der Waals surface area contributed by atoms with Crippen LogP contribution in [0.5, 0.6) is 5.75 Å². The van der Waals surface area contributed by atoms with Gasteiger partial charge in [-0.2, -0.15) is 0 Å². The van der Waals surface area contributed by atoms with E-state index in [9.17, 15) is 4.79 Å². The van der Waals surface area contributed by atoms with Crippen molar-refractivity contribution >= 4 is 18.3 Å². The number of likely N-dealkylation sites (tertiary alicyclic amines) is 1. The predicted octanol–water partition coefficient (Wildman–Crippen LogP) is 2.91. The molecule has 1 saturated heterocycles. The summed E-state index contributed by atoms with van der Waals surface area (Å²) in [6.45, 7) is 2.36. The molecule has 2 aromatic rings. The van der Waals surface area contributed by atoms with E-state index in [-0.39, 0.29) is 24.4 Å². The first-order valence-corrected chi connectivity index (χ1v) is 9.45. The highest BCUT2D eigenvalue weighted by molar-refractivity contribution is 5.95. The van der Waals surface area contributed by atoms with Gasteiger partial charge in [0.05, 0.1) is 12.2 Å². The lowest BCUT2D eigenvalue weighted by molar-refractivity contribution is 0.0779. The Balaban J connectivity index is 0.00000180. The third-order valence-corrected chi connectivity index (χ3v) is 6.21. The van der Waals surface area contributed by atoms with E-state index in [2.05, 4.69) is 11.1 Å². The molecule has 1 saturated carbocycles. The van der Waals surface area contributed by atoms with E-state index in [0.29, 0.717) is 17.4 Å². The lowest BCUT2D eigenvalue weighted by Gasteiger charge is -2.19. The Labute approximate surface area is 165 Å². The molecule has 0 spiro atoms. The summed E-state index contributed by atoms with van der Waals surface area (Å²) in [7, 11) is 0. The van der Waals surface area contributed by atoms with Gasteiger partial charge in [-0.05, 0) is 54.0 Å². The number of carbonyl (C=O) groups is 1. The fourth-order valence-corrected chi connectivity index (χ4v) is 4.74. The number of halogens is 1. The number of nitrogens with zero attached hydrogens (tertiary/aromatic N) is 2. The second kappa shape index (κ2) is 7.13. The fourth-order valence-electron chi connectivity index (χ4n) is 4.74. The zero-order chi connectivity index (χ0) is 17.7. The highest BCUT2D eigenvalue weighted by Gasteiger charge is 2.42. The van der Waals surface area contributed by atoms with Gasteiger partial charge in [0.2, 0.25) is 0 Å². The van der Waals surface area contributed by atoms with Crippen molar-refractivity contribution in [3.8, 4) is 16.9 Å². The third kappa shape index (κ3) is 3.19. The van der Waals surface area contributed by atoms with Crippen LogP contribution in [0.1, 0.15) is 28.8 Å². The van der Waals surface area contributed by atoms with Crippen molar-refractivity contribution in [2.45, 2.75) is 25.3 Å². The van der Waals surface area contributed by atoms with Crippen LogP contribution in [0.3, 0.4) is 0 Å². The van der Waals surface area contributed by atoms with Crippen molar-refractivity contribution in [2.24, 2.45) is 17.6 Å². The lowest BCUT2D eigenvalue weighted by Crippen LogP contribution is -2.33. The van der Waals surface area contributed by atoms with E-state index in [1.165, 1.54) is 5.56 Å². The molecule has 3 aliphatic rings. The molecule has 1 aromatic carbocycles. The second-order valence-electron chi connectivity index (χ2n) is 7.76. The zero-order valence-corrected chi connectivity index (χ0v) is 16.0. The van der Waals surface area contributed by atoms with Crippen LogP contribution in [0, 0.1) is 11.8 Å². The van der Waals surface area contributed by atoms with Gasteiger partial charge in [-0.25, -0.2) is 0 Å². The number of hydrogen-bond acceptors (Lipinski definition) is 4. The summed E-state index contributed by atoms with van der Waals surface area (Å²) < 4.78 is 5.58. The number of hydrogen-bond donors (Lipinski definition) is 1. The molecule has 2 fully saturated rings. The van der Waals surface area contributed by atoms with Gasteiger partial charge in [0.15, 0.2) is 0 Å². The number of benzene rings is 1. The lowest BCUT2D eigenvalue weighted by atomic mass is 9.98. The van der Waals surface area contributed by atoms with Crippen molar-refractivity contribution in [2.75, 3.05) is 19.7 Å². The van der Waals surface area contributed by atoms with Crippen LogP contribution in [0.2, 0.25) is 0 Å². The molecule has 6 heteroatoms. The Bertz CT molecular complexity index is 872. The maximum absolute atomic E-state index is 13.0. The number of amides is 1. The highest BCUT2D eigenvalue weighted by Crippen LogP contribution is 2.38. The van der Waals surface area contributed by atoms with Gasteiger partial charge in [0.1, 0.15) is 5.75 Å². The zero-order valence-electron chi connectivity index (χ0n) is 15.1. The molecule has 2 N–H and O–H groups in total. The summed E-state index contributed by atoms with van der Waals surface area (Å²) in [6.07, 6.45) is 6.67. The fraction of sp³-hybridized carbons (Fsp3) is 0.429. The van der Waals surface area contributed by atoms with Gasteiger partial charge in [-0.3, -0.25) is 9.78 Å². The molecule has 5 rings (SSSR count). The molecule has 3 unspecified atom stereocenters. The molecule has 2 aliphatic heterocycles. The largest absolute Gasteiger partial charge is 0.493 e. The summed E-state index contributed by atoms with van der Waals surface area (Å²) in [4.78, 5) is 19.3. The summed E-state index contributed by atoms with van der Waals surface area (Å²) in [5, 5.41) is 0. The Morgan fingerprint density at radius 1 is 1.15 bits per heavy atom. The van der Waals surface area contributed by atoms with E-state index < -0.39 is 0 Å². The number of carbonyl (C=O) groups excluding carboxylic acids is 1. The molecular weight excluding hydrogens is 362 g/mol. The number of rotatable bonds is 2. The standard InChI is InChI=1S/C21H23N3O2.ClH/c22-19-3-1-15-11-24(12-18(15)19)21(25)17-8-16(9-23-10-17)13-2-4-20-14(7-13)5-6-26-20;/h2,4,7-10,15,18-19H,1,3,5-6,11-12,22H2;1H. The van der Waals surface area contributed by atoms with Crippen molar-refractivity contribution in [3.63, 3.8) is 0 Å². The van der Waals surface area contributed by atoms with Gasteiger partial charge in [-0.15, -0.1) is 12.4 Å². The first-order chi connectivity index (χ1) is 12.7. The average molecular weight is 386 g/mol. The number of aromatic nitrogens is 1. The monoisotopic (exact) mass is 385 g/mol. The highest BCUT2D eigenvalue weighted by atomic mass is 35.5. The molecule has 3 heterocycles. The summed E-state index contributed by atoms with van der Waals surface area (Å²) in [5.74, 6) is 2.08. The van der Waals surface area contributed by atoms with E-state index in [1.807, 2.05) is 29.3 Å². The second-order valence-corrected chi connectivity index (χ2v) is 7.76. The molecule has 3 atom stereocenters. The average Bonchev–Trinajstić information content (AvgIpc) is 3.38. The number of ether oxygens (including phenoxy) is 1. The molecule has 1 aromatic heterocycles. The number of nitrogens with two attached hydrogens (primary N) is 1. The van der Waals surface area contributed by atoms with Crippen LogP contribution in [-0.2, 0) is 6.42 Å². The predicted molar refractivity (Wildman–Crippen MR) is 106 cm³/mol. The van der Waals surface area contributed by atoms with Crippen molar-refractivity contribution in [1.82, 2.24) is 9.88 Å². The minimum absolute atomic E-state index is 0. The summed E-state index contributed by atoms with van der Waals surface area (Å²) >= 11 is 0. The van der Waals surface area contributed by atoms with Gasteiger partial charge in [0, 0.05) is 43.5 Å². The van der Waals surface area contributed by atoms with Gasteiger partial charge < -0.3 is 15.4 Å². The van der Waals surface area contributed by atoms with Crippen LogP contribution in [0.4, 0.5) is 0 Å². The van der Waals surface area contributed by atoms with Crippen molar-refractivity contribution < 1.29 is 9.53 Å². The quantitative estimate of drug-likeness (QED) is 0.863. The smallest absolute Gasteiger partial charge is 0.255 e. The van der Waals surface area contributed by atoms with Crippen LogP contribution in [0.25, 0.3) is 11.1 Å². The normalized spacial score (nSPS) is 25.5. The molecule has 27 heavy (non-hydrogen) atoms. The third-order valence-electron chi connectivity index (χ3n) is 6.21. The van der Waals surface area contributed by atoms with Gasteiger partial charge in [-0.1, -0.05) is 6.07 Å². The van der Waals surface area contributed by atoms with E-state index in [0.717, 1.165) is 55.8 Å². The molecule has 0 radical (unpaired) electrons. The molecular formula is C21H24ClN3O2. The molecule has 1 aliphatic carbocycles. The Kier molecular flexibility index (Phi) is 4.82. The van der Waals surface area contributed by atoms with Crippen LogP contribution in [-0.4, -0.2) is 41.5 Å². The topological polar surface area (TPSA) is 68.5 Å². The van der Waals surface area contributed by atoms with E-state index in [4.69, 9.17) is 10.5 Å². The minimum Gasteiger partial charge on any atom is -0.493 e. The molecule has 5 nitrogen and oxygen atoms in total. The van der Waals surface area contributed by atoms with Crippen molar-refractivity contribution in [3.05, 3.63) is 47.8 Å². The first-order valence-electron chi connectivity index (χ1n) is 9.45. The molecule has 1 amide bonds. The number of fused-ring (bicyclic) bond motifs is 2. The van der Waals surface area contributed by atoms with Gasteiger partial charge in [0.25, 0.3) is 5.91 Å². The van der Waals surface area contributed by atoms with Crippen LogP contribution < -0.4 is 10.5 Å². The first kappa shape index (κ1) is 18.3. The minimum atomic E-state index is 0. The van der Waals surface area contributed by atoms with E-state index >= 15 is 0 Å². The summed E-state index contributed by atoms with van der Waals surface area (Å²) in [5.41, 5.74) is 10.1. The maximum atomic E-state index is 13.0. The Morgan fingerprint density at radius 2 is 2.04 bits per heavy atom. The van der Waals surface area contributed by atoms with Crippen molar-refractivity contribution in [1.29, 1.82) is 0 Å². The maximum Gasteiger partial charge on any atom is 0.255 e. The SMILES string of the molecule is Cl.NC1CCC2CN(C(=O)c3cncc(-c4ccc5c(c4)CCO5)c3)CC12. The Morgan fingerprint density at radius 3 is 2.89 bits per heavy atom. The van der Waals surface area contributed by atoms with Crippen LogP contribution in [0.15, 0.2) is 36.7 Å². The van der Waals surface area contributed by atoms with Gasteiger partial charge >= 0.3 is 0 Å². The molecule has 0 bridgehead atoms. The van der Waals surface area contributed by atoms with Crippen LogP contribution >= 0.6 is 12.4 Å². The van der Waals surface area contributed by atoms with E-state index in [1.54, 1.807) is 6.20 Å². The number of pyridine rings is 1.